The second-order valence-corrected chi connectivity index (χ2v) is 8.48. The molecule has 7 nitrogen and oxygen atoms in total. The lowest BCUT2D eigenvalue weighted by Crippen LogP contribution is -2.52. The normalized spacial score (nSPS) is 18.2. The van der Waals surface area contributed by atoms with Gasteiger partial charge >= 0.3 is 0 Å². The van der Waals surface area contributed by atoms with Gasteiger partial charge in [-0.1, -0.05) is 32.0 Å². The van der Waals surface area contributed by atoms with Crippen molar-refractivity contribution in [2.75, 3.05) is 5.32 Å². The molecule has 2 aliphatic heterocycles. The van der Waals surface area contributed by atoms with Gasteiger partial charge in [0.05, 0.1) is 0 Å². The number of anilines is 1. The number of hydrogen-bond donors (Lipinski definition) is 2. The van der Waals surface area contributed by atoms with Crippen LogP contribution in [0.25, 0.3) is 0 Å². The minimum Gasteiger partial charge on any atom is -0.322 e. The van der Waals surface area contributed by atoms with Gasteiger partial charge in [0.1, 0.15) is 6.04 Å². The third kappa shape index (κ3) is 4.21. The summed E-state index contributed by atoms with van der Waals surface area (Å²) in [7, 11) is 0. The number of benzene rings is 2. The van der Waals surface area contributed by atoms with Crippen molar-refractivity contribution in [3.63, 3.8) is 0 Å². The van der Waals surface area contributed by atoms with E-state index in [4.69, 9.17) is 0 Å². The van der Waals surface area contributed by atoms with Gasteiger partial charge in [0.2, 0.25) is 11.8 Å². The number of imide groups is 1. The van der Waals surface area contributed by atoms with E-state index in [1.54, 1.807) is 18.2 Å². The maximum Gasteiger partial charge on any atom is 0.255 e. The van der Waals surface area contributed by atoms with Crippen LogP contribution in [-0.2, 0) is 22.6 Å². The molecule has 0 aromatic heterocycles. The van der Waals surface area contributed by atoms with Gasteiger partial charge in [-0.05, 0) is 54.2 Å². The number of rotatable bonds is 5. The van der Waals surface area contributed by atoms with E-state index in [0.717, 1.165) is 17.5 Å². The maximum absolute atomic E-state index is 12.9. The molecule has 2 aliphatic rings. The van der Waals surface area contributed by atoms with Gasteiger partial charge in [-0.15, -0.1) is 0 Å². The van der Waals surface area contributed by atoms with E-state index in [9.17, 15) is 19.2 Å². The molecule has 31 heavy (non-hydrogen) atoms. The molecule has 2 aromatic rings. The first-order valence-electron chi connectivity index (χ1n) is 10.5. The predicted octanol–water partition coefficient (Wildman–Crippen LogP) is 2.90. The molecule has 1 atom stereocenters. The molecule has 4 rings (SSSR count). The molecule has 0 radical (unpaired) electrons. The van der Waals surface area contributed by atoms with Gasteiger partial charge in [-0.2, -0.15) is 0 Å². The van der Waals surface area contributed by atoms with Crippen molar-refractivity contribution in [3.8, 4) is 0 Å². The zero-order valence-corrected chi connectivity index (χ0v) is 17.6. The first-order valence-corrected chi connectivity index (χ1v) is 10.5. The van der Waals surface area contributed by atoms with Gasteiger partial charge in [-0.25, -0.2) is 0 Å². The minimum atomic E-state index is -0.654. The summed E-state index contributed by atoms with van der Waals surface area (Å²) in [4.78, 5) is 50.8. The SMILES string of the molecule is CC(C)Cc1ccccc1C(=O)Nc1ccc2c(c1)CN(C1CCC(=O)NC1=O)C2=O. The van der Waals surface area contributed by atoms with E-state index in [1.165, 1.54) is 4.90 Å². The van der Waals surface area contributed by atoms with Gasteiger partial charge in [-0.3, -0.25) is 24.5 Å². The van der Waals surface area contributed by atoms with Crippen LogP contribution in [0.3, 0.4) is 0 Å². The second-order valence-electron chi connectivity index (χ2n) is 8.48. The highest BCUT2D eigenvalue weighted by Crippen LogP contribution is 2.29. The van der Waals surface area contributed by atoms with Crippen LogP contribution in [0.4, 0.5) is 5.69 Å². The van der Waals surface area contributed by atoms with Crippen molar-refractivity contribution >= 4 is 29.3 Å². The topological polar surface area (TPSA) is 95.6 Å². The summed E-state index contributed by atoms with van der Waals surface area (Å²) >= 11 is 0. The number of fused-ring (bicyclic) bond motifs is 1. The number of carbonyl (C=O) groups excluding carboxylic acids is 4. The van der Waals surface area contributed by atoms with Crippen LogP contribution in [0.15, 0.2) is 42.5 Å². The van der Waals surface area contributed by atoms with Crippen LogP contribution < -0.4 is 10.6 Å². The summed E-state index contributed by atoms with van der Waals surface area (Å²) in [6, 6.07) is 12.1. The molecule has 1 fully saturated rings. The Balaban J connectivity index is 1.51. The Labute approximate surface area is 180 Å². The Bertz CT molecular complexity index is 1080. The number of piperidine rings is 1. The highest BCUT2D eigenvalue weighted by Gasteiger charge is 2.39. The number of amides is 4. The molecule has 2 heterocycles. The van der Waals surface area contributed by atoms with Crippen molar-refractivity contribution in [3.05, 3.63) is 64.7 Å². The Hall–Kier alpha value is -3.48. The average Bonchev–Trinajstić information content (AvgIpc) is 3.03. The van der Waals surface area contributed by atoms with Gasteiger partial charge < -0.3 is 10.2 Å². The van der Waals surface area contributed by atoms with E-state index in [0.29, 0.717) is 29.2 Å². The molecule has 1 unspecified atom stereocenters. The molecule has 0 bridgehead atoms. The van der Waals surface area contributed by atoms with E-state index in [2.05, 4.69) is 24.5 Å². The van der Waals surface area contributed by atoms with Gasteiger partial charge in [0.25, 0.3) is 11.8 Å². The van der Waals surface area contributed by atoms with Crippen LogP contribution in [0, 0.1) is 5.92 Å². The zero-order valence-electron chi connectivity index (χ0n) is 17.6. The third-order valence-corrected chi connectivity index (χ3v) is 5.67. The molecule has 0 aliphatic carbocycles. The van der Waals surface area contributed by atoms with Crippen molar-refractivity contribution in [1.29, 1.82) is 0 Å². The summed E-state index contributed by atoms with van der Waals surface area (Å²) in [5.74, 6) is -0.744. The molecule has 2 aromatic carbocycles. The molecule has 2 N–H and O–H groups in total. The Morgan fingerprint density at radius 3 is 2.68 bits per heavy atom. The van der Waals surface area contributed by atoms with Gasteiger partial charge in [0.15, 0.2) is 0 Å². The summed E-state index contributed by atoms with van der Waals surface area (Å²) < 4.78 is 0. The Morgan fingerprint density at radius 1 is 1.16 bits per heavy atom. The van der Waals surface area contributed by atoms with E-state index in [-0.39, 0.29) is 30.7 Å². The summed E-state index contributed by atoms with van der Waals surface area (Å²) in [5.41, 5.74) is 3.50. The van der Waals surface area contributed by atoms with Crippen molar-refractivity contribution in [2.24, 2.45) is 5.92 Å². The first-order chi connectivity index (χ1) is 14.8. The fourth-order valence-electron chi connectivity index (χ4n) is 4.21. The Morgan fingerprint density at radius 2 is 1.94 bits per heavy atom. The van der Waals surface area contributed by atoms with Crippen molar-refractivity contribution in [1.82, 2.24) is 10.2 Å². The lowest BCUT2D eigenvalue weighted by Gasteiger charge is -2.29. The van der Waals surface area contributed by atoms with E-state index >= 15 is 0 Å². The van der Waals surface area contributed by atoms with Gasteiger partial charge in [0, 0.05) is 29.8 Å². The van der Waals surface area contributed by atoms with Crippen LogP contribution in [-0.4, -0.2) is 34.6 Å². The minimum absolute atomic E-state index is 0.192. The summed E-state index contributed by atoms with van der Waals surface area (Å²) in [5, 5.41) is 5.23. The molecule has 0 saturated carbocycles. The molecular weight excluding hydrogens is 394 g/mol. The van der Waals surface area contributed by atoms with Crippen molar-refractivity contribution in [2.45, 2.75) is 45.7 Å². The predicted molar refractivity (Wildman–Crippen MR) is 115 cm³/mol. The lowest BCUT2D eigenvalue weighted by molar-refractivity contribution is -0.136. The number of carbonyl (C=O) groups is 4. The van der Waals surface area contributed by atoms with Crippen LogP contribution in [0.5, 0.6) is 0 Å². The molecule has 160 valence electrons. The lowest BCUT2D eigenvalue weighted by atomic mass is 9.97. The quantitative estimate of drug-likeness (QED) is 0.729. The highest BCUT2D eigenvalue weighted by molar-refractivity contribution is 6.07. The standard InChI is InChI=1S/C24H25N3O4/c1-14(2)11-15-5-3-4-6-18(15)22(29)25-17-7-8-19-16(12-17)13-27(24(19)31)20-9-10-21(28)26-23(20)30/h3-8,12,14,20H,9-11,13H2,1-2H3,(H,25,29)(H,26,28,30). The van der Waals surface area contributed by atoms with Crippen LogP contribution in [0.2, 0.25) is 0 Å². The first kappa shape index (κ1) is 20.8. The third-order valence-electron chi connectivity index (χ3n) is 5.67. The molecule has 1 saturated heterocycles. The number of nitrogens with zero attached hydrogens (tertiary/aromatic N) is 1. The Kier molecular flexibility index (Phi) is 5.59. The number of nitrogens with one attached hydrogen (secondary N) is 2. The smallest absolute Gasteiger partial charge is 0.255 e. The fraction of sp³-hybridized carbons (Fsp3) is 0.333. The second kappa shape index (κ2) is 8.34. The van der Waals surface area contributed by atoms with Crippen molar-refractivity contribution < 1.29 is 19.2 Å². The largest absolute Gasteiger partial charge is 0.322 e. The zero-order chi connectivity index (χ0) is 22.1. The van der Waals surface area contributed by atoms with Crippen LogP contribution >= 0.6 is 0 Å². The summed E-state index contributed by atoms with van der Waals surface area (Å²) in [6.07, 6.45) is 1.34. The summed E-state index contributed by atoms with van der Waals surface area (Å²) in [6.45, 7) is 4.49. The monoisotopic (exact) mass is 419 g/mol. The molecule has 0 spiro atoms. The maximum atomic E-state index is 12.9. The highest BCUT2D eigenvalue weighted by atomic mass is 16.2. The molecule has 7 heteroatoms. The van der Waals surface area contributed by atoms with E-state index in [1.807, 2.05) is 24.3 Å². The van der Waals surface area contributed by atoms with Crippen LogP contribution in [0.1, 0.15) is 58.5 Å². The molecule has 4 amide bonds. The molecular formula is C24H25N3O4. The average molecular weight is 419 g/mol. The fourth-order valence-corrected chi connectivity index (χ4v) is 4.21. The number of hydrogen-bond acceptors (Lipinski definition) is 4. The van der Waals surface area contributed by atoms with E-state index < -0.39 is 11.9 Å².